The predicted molar refractivity (Wildman–Crippen MR) is 73.8 cm³/mol. The van der Waals surface area contributed by atoms with Crippen molar-refractivity contribution in [2.45, 2.75) is 19.4 Å². The summed E-state index contributed by atoms with van der Waals surface area (Å²) in [4.78, 5) is 13.8. The van der Waals surface area contributed by atoms with Crippen LogP contribution in [0.25, 0.3) is 0 Å². The first-order chi connectivity index (χ1) is 8.72. The summed E-state index contributed by atoms with van der Waals surface area (Å²) in [7, 11) is 1.95. The van der Waals surface area contributed by atoms with Crippen molar-refractivity contribution in [3.05, 3.63) is 29.8 Å². The van der Waals surface area contributed by atoms with E-state index in [-0.39, 0.29) is 11.9 Å². The lowest BCUT2D eigenvalue weighted by atomic mass is 10.1. The predicted octanol–water partition coefficient (Wildman–Crippen LogP) is 1.29. The Kier molecular flexibility index (Phi) is 4.20. The van der Waals surface area contributed by atoms with E-state index in [1.54, 1.807) is 0 Å². The smallest absolute Gasteiger partial charge is 0.239 e. The van der Waals surface area contributed by atoms with Crippen LogP contribution in [0.15, 0.2) is 24.3 Å². The topological polar surface area (TPSA) is 44.4 Å². The number of hydrogen-bond acceptors (Lipinski definition) is 3. The molecule has 1 aliphatic rings. The zero-order chi connectivity index (χ0) is 13.0. The second kappa shape index (κ2) is 5.87. The molecule has 1 amide bonds. The molecule has 1 aliphatic heterocycles. The van der Waals surface area contributed by atoms with Gasteiger partial charge < -0.3 is 15.5 Å². The first-order valence-electron chi connectivity index (χ1n) is 6.50. The molecule has 2 N–H and O–H groups in total. The van der Waals surface area contributed by atoms with Crippen molar-refractivity contribution < 1.29 is 4.79 Å². The zero-order valence-electron chi connectivity index (χ0n) is 11.1. The Morgan fingerprint density at radius 2 is 2.17 bits per heavy atom. The lowest BCUT2D eigenvalue weighted by Crippen LogP contribution is -2.34. The van der Waals surface area contributed by atoms with E-state index in [4.69, 9.17) is 0 Å². The fourth-order valence-electron chi connectivity index (χ4n) is 2.31. The minimum atomic E-state index is 0.111. The van der Waals surface area contributed by atoms with Crippen molar-refractivity contribution in [2.24, 2.45) is 0 Å². The standard InChI is InChI=1S/C14H21N3O/c1-11(15-2)12-6-3-4-7-13(12)17-9-5-8-16-14(18)10-17/h3-4,6-7,11,15H,5,8-10H2,1-2H3,(H,16,18). The van der Waals surface area contributed by atoms with Crippen LogP contribution in [0.2, 0.25) is 0 Å². The summed E-state index contributed by atoms with van der Waals surface area (Å²) in [6.07, 6.45) is 0.994. The lowest BCUT2D eigenvalue weighted by molar-refractivity contribution is -0.119. The molecule has 98 valence electrons. The number of benzene rings is 1. The van der Waals surface area contributed by atoms with Gasteiger partial charge in [-0.2, -0.15) is 0 Å². The number of rotatable bonds is 3. The summed E-state index contributed by atoms with van der Waals surface area (Å²) >= 11 is 0. The molecule has 4 nitrogen and oxygen atoms in total. The second-order valence-corrected chi connectivity index (χ2v) is 4.69. The van der Waals surface area contributed by atoms with Crippen LogP contribution in [0.4, 0.5) is 5.69 Å². The third-order valence-electron chi connectivity index (χ3n) is 3.44. The number of amides is 1. The third kappa shape index (κ3) is 2.82. The molecule has 1 unspecified atom stereocenters. The van der Waals surface area contributed by atoms with Crippen molar-refractivity contribution in [1.82, 2.24) is 10.6 Å². The van der Waals surface area contributed by atoms with E-state index in [0.717, 1.165) is 25.2 Å². The van der Waals surface area contributed by atoms with Crippen LogP contribution in [0.5, 0.6) is 0 Å². The SMILES string of the molecule is CNC(C)c1ccccc1N1CCCNC(=O)C1. The van der Waals surface area contributed by atoms with Crippen LogP contribution < -0.4 is 15.5 Å². The van der Waals surface area contributed by atoms with Crippen molar-refractivity contribution >= 4 is 11.6 Å². The first-order valence-corrected chi connectivity index (χ1v) is 6.50. The van der Waals surface area contributed by atoms with Crippen molar-refractivity contribution in [3.8, 4) is 0 Å². The van der Waals surface area contributed by atoms with Crippen LogP contribution in [0, 0.1) is 0 Å². The fourth-order valence-corrected chi connectivity index (χ4v) is 2.31. The van der Waals surface area contributed by atoms with Gasteiger partial charge in [0.25, 0.3) is 0 Å². The minimum Gasteiger partial charge on any atom is -0.362 e. The van der Waals surface area contributed by atoms with Crippen molar-refractivity contribution in [1.29, 1.82) is 0 Å². The molecule has 4 heteroatoms. The van der Waals surface area contributed by atoms with E-state index in [1.807, 2.05) is 19.2 Å². The van der Waals surface area contributed by atoms with Gasteiger partial charge in [-0.25, -0.2) is 0 Å². The summed E-state index contributed by atoms with van der Waals surface area (Å²) in [5.41, 5.74) is 2.41. The molecule has 0 saturated carbocycles. The second-order valence-electron chi connectivity index (χ2n) is 4.69. The van der Waals surface area contributed by atoms with Gasteiger partial charge in [0.05, 0.1) is 6.54 Å². The highest BCUT2D eigenvalue weighted by molar-refractivity contribution is 5.82. The number of nitrogens with one attached hydrogen (secondary N) is 2. The van der Waals surface area contributed by atoms with E-state index in [9.17, 15) is 4.79 Å². The molecule has 0 spiro atoms. The maximum atomic E-state index is 11.6. The van der Waals surface area contributed by atoms with Crippen LogP contribution in [0.3, 0.4) is 0 Å². The van der Waals surface area contributed by atoms with Crippen LogP contribution in [-0.4, -0.2) is 32.6 Å². The molecule has 1 heterocycles. The van der Waals surface area contributed by atoms with Crippen LogP contribution in [0.1, 0.15) is 24.9 Å². The van der Waals surface area contributed by atoms with Gasteiger partial charge in [-0.1, -0.05) is 18.2 Å². The quantitative estimate of drug-likeness (QED) is 0.846. The molecule has 0 radical (unpaired) electrons. The molecule has 1 aromatic carbocycles. The molecule has 18 heavy (non-hydrogen) atoms. The Morgan fingerprint density at radius 3 is 2.94 bits per heavy atom. The Hall–Kier alpha value is -1.55. The van der Waals surface area contributed by atoms with Crippen molar-refractivity contribution in [3.63, 3.8) is 0 Å². The Bertz CT molecular complexity index is 419. The summed E-state index contributed by atoms with van der Waals surface area (Å²) in [5, 5.41) is 6.17. The van der Waals surface area contributed by atoms with Crippen LogP contribution >= 0.6 is 0 Å². The number of nitrogens with zero attached hydrogens (tertiary/aromatic N) is 1. The van der Waals surface area contributed by atoms with Crippen molar-refractivity contribution in [2.75, 3.05) is 31.6 Å². The van der Waals surface area contributed by atoms with Gasteiger partial charge in [-0.15, -0.1) is 0 Å². The number of carbonyl (C=O) groups is 1. The molecule has 1 atom stereocenters. The minimum absolute atomic E-state index is 0.111. The van der Waals surface area contributed by atoms with Gasteiger partial charge in [0, 0.05) is 24.8 Å². The fraction of sp³-hybridized carbons (Fsp3) is 0.500. The molecule has 0 aliphatic carbocycles. The highest BCUT2D eigenvalue weighted by Gasteiger charge is 2.18. The maximum Gasteiger partial charge on any atom is 0.239 e. The average Bonchev–Trinajstić information content (AvgIpc) is 2.62. The van der Waals surface area contributed by atoms with Gasteiger partial charge in [-0.3, -0.25) is 4.79 Å². The Morgan fingerprint density at radius 1 is 1.39 bits per heavy atom. The molecular weight excluding hydrogens is 226 g/mol. The molecule has 1 aromatic rings. The van der Waals surface area contributed by atoms with E-state index in [2.05, 4.69) is 34.6 Å². The number of hydrogen-bond donors (Lipinski definition) is 2. The van der Waals surface area contributed by atoms with Gasteiger partial charge in [0.1, 0.15) is 0 Å². The van der Waals surface area contributed by atoms with Gasteiger partial charge in [0.2, 0.25) is 5.91 Å². The Balaban J connectivity index is 2.28. The van der Waals surface area contributed by atoms with E-state index >= 15 is 0 Å². The van der Waals surface area contributed by atoms with E-state index in [1.165, 1.54) is 5.56 Å². The monoisotopic (exact) mass is 247 g/mol. The summed E-state index contributed by atoms with van der Waals surface area (Å²) in [6.45, 7) is 4.29. The van der Waals surface area contributed by atoms with E-state index in [0.29, 0.717) is 6.54 Å². The summed E-state index contributed by atoms with van der Waals surface area (Å²) < 4.78 is 0. The molecule has 2 rings (SSSR count). The van der Waals surface area contributed by atoms with Gasteiger partial charge in [-0.05, 0) is 32.0 Å². The van der Waals surface area contributed by atoms with Gasteiger partial charge in [0.15, 0.2) is 0 Å². The number of anilines is 1. The summed E-state index contributed by atoms with van der Waals surface area (Å²) in [6, 6.07) is 8.59. The number of carbonyl (C=O) groups excluding carboxylic acids is 1. The van der Waals surface area contributed by atoms with Gasteiger partial charge >= 0.3 is 0 Å². The normalized spacial score (nSPS) is 18.1. The van der Waals surface area contributed by atoms with Crippen LogP contribution in [-0.2, 0) is 4.79 Å². The molecule has 1 saturated heterocycles. The molecular formula is C14H21N3O. The molecule has 0 aromatic heterocycles. The third-order valence-corrected chi connectivity index (χ3v) is 3.44. The largest absolute Gasteiger partial charge is 0.362 e. The lowest BCUT2D eigenvalue weighted by Gasteiger charge is -2.26. The average molecular weight is 247 g/mol. The Labute approximate surface area is 108 Å². The number of para-hydroxylation sites is 1. The maximum absolute atomic E-state index is 11.6. The first kappa shape index (κ1) is 12.9. The molecule has 1 fully saturated rings. The summed E-state index contributed by atoms with van der Waals surface area (Å²) in [5.74, 6) is 0.111. The highest BCUT2D eigenvalue weighted by Crippen LogP contribution is 2.26. The van der Waals surface area contributed by atoms with E-state index < -0.39 is 0 Å². The molecule has 0 bridgehead atoms. The zero-order valence-corrected chi connectivity index (χ0v) is 11.1. The highest BCUT2D eigenvalue weighted by atomic mass is 16.2.